The third-order valence-electron chi connectivity index (χ3n) is 10.2. The van der Waals surface area contributed by atoms with Crippen LogP contribution in [0.1, 0.15) is 52.6 Å². The summed E-state index contributed by atoms with van der Waals surface area (Å²) in [7, 11) is 0. The number of hydrogen-bond acceptors (Lipinski definition) is 14. The Balaban J connectivity index is 1.24. The summed E-state index contributed by atoms with van der Waals surface area (Å²) < 4.78 is 47.7. The van der Waals surface area contributed by atoms with Gasteiger partial charge in [0.05, 0.1) is 28.9 Å². The van der Waals surface area contributed by atoms with Crippen molar-refractivity contribution in [1.82, 2.24) is 5.32 Å². The fourth-order valence-electron chi connectivity index (χ4n) is 6.76. The van der Waals surface area contributed by atoms with E-state index in [0.717, 1.165) is 0 Å². The molecular formula is C52H45NO14. The van der Waals surface area contributed by atoms with Crippen LogP contribution in [0.5, 0.6) is 0 Å². The highest BCUT2D eigenvalue weighted by molar-refractivity contribution is 5.91. The highest BCUT2D eigenvalue weighted by atomic mass is 16.7. The van der Waals surface area contributed by atoms with Gasteiger partial charge in [0, 0.05) is 0 Å². The lowest BCUT2D eigenvalue weighted by Gasteiger charge is -2.44. The minimum absolute atomic E-state index is 0.0799. The minimum Gasteiger partial charge on any atom is -0.459 e. The molecule has 0 aliphatic carbocycles. The molecule has 0 saturated carbocycles. The number of carbonyl (C=O) groups excluding carboxylic acids is 6. The van der Waals surface area contributed by atoms with Gasteiger partial charge in [0.15, 0.2) is 30.6 Å². The Morgan fingerprint density at radius 1 is 0.448 bits per heavy atom. The monoisotopic (exact) mass is 907 g/mol. The normalized spacial score (nSPS) is 17.9. The van der Waals surface area contributed by atoms with Gasteiger partial charge in [-0.25, -0.2) is 28.8 Å². The van der Waals surface area contributed by atoms with E-state index in [2.05, 4.69) is 5.32 Å². The second-order valence-corrected chi connectivity index (χ2v) is 14.9. The first-order chi connectivity index (χ1) is 32.7. The lowest BCUT2D eigenvalue weighted by Crippen LogP contribution is -2.63. The first-order valence-corrected chi connectivity index (χ1v) is 21.2. The predicted octanol–water partition coefficient (Wildman–Crippen LogP) is 7.30. The molecule has 0 spiro atoms. The van der Waals surface area contributed by atoms with Gasteiger partial charge in [-0.05, 0) is 59.7 Å². The van der Waals surface area contributed by atoms with Crippen molar-refractivity contribution in [2.24, 2.45) is 0 Å². The number of esters is 5. The molecule has 0 aromatic heterocycles. The molecule has 1 N–H and O–H groups in total. The molecule has 6 aromatic rings. The number of alkyl carbamates (subject to hydrolysis) is 1. The van der Waals surface area contributed by atoms with E-state index in [9.17, 15) is 28.8 Å². The topological polar surface area (TPSA) is 188 Å². The van der Waals surface area contributed by atoms with Gasteiger partial charge in [-0.2, -0.15) is 0 Å². The SMILES string of the molecule is O=C(N[C@@H](CO[C@H]1O[C@H](COC(=O)c2ccccc2)[C@@H](OC(=O)c2ccccc2)[C@H](OC(=O)c2ccccc2)[C@@H]1OC(=O)c1ccccc1)C(=O)OCc1ccccc1)OCc1ccccc1. The Morgan fingerprint density at radius 2 is 0.836 bits per heavy atom. The molecule has 0 unspecified atom stereocenters. The van der Waals surface area contributed by atoms with Crippen LogP contribution in [-0.2, 0) is 55.9 Å². The summed E-state index contributed by atoms with van der Waals surface area (Å²) in [5.41, 5.74) is 1.78. The van der Waals surface area contributed by atoms with Crippen LogP contribution in [0.3, 0.4) is 0 Å². The van der Waals surface area contributed by atoms with Crippen molar-refractivity contribution in [2.45, 2.75) is 50.0 Å². The van der Waals surface area contributed by atoms with Gasteiger partial charge in [-0.1, -0.05) is 133 Å². The Labute approximate surface area is 385 Å². The highest BCUT2D eigenvalue weighted by Gasteiger charge is 2.54. The quantitative estimate of drug-likeness (QED) is 0.0668. The molecule has 7 rings (SSSR count). The van der Waals surface area contributed by atoms with Crippen LogP contribution in [0.25, 0.3) is 0 Å². The molecule has 1 amide bonds. The Hall–Kier alpha value is -8.14. The third-order valence-corrected chi connectivity index (χ3v) is 10.2. The Bertz CT molecular complexity index is 2550. The average Bonchev–Trinajstić information content (AvgIpc) is 3.38. The predicted molar refractivity (Wildman–Crippen MR) is 238 cm³/mol. The number of carbonyl (C=O) groups is 6. The summed E-state index contributed by atoms with van der Waals surface area (Å²) in [6, 6.07) is 47.8. The van der Waals surface area contributed by atoms with Gasteiger partial charge in [0.25, 0.3) is 0 Å². The molecule has 1 fully saturated rings. The van der Waals surface area contributed by atoms with Crippen LogP contribution >= 0.6 is 0 Å². The van der Waals surface area contributed by atoms with Crippen molar-refractivity contribution in [3.05, 3.63) is 215 Å². The van der Waals surface area contributed by atoms with Crippen LogP contribution in [0.2, 0.25) is 0 Å². The first kappa shape index (κ1) is 46.8. The van der Waals surface area contributed by atoms with Crippen LogP contribution in [0.15, 0.2) is 182 Å². The fourth-order valence-corrected chi connectivity index (χ4v) is 6.76. The zero-order valence-electron chi connectivity index (χ0n) is 35.8. The van der Waals surface area contributed by atoms with Crippen molar-refractivity contribution in [1.29, 1.82) is 0 Å². The maximum Gasteiger partial charge on any atom is 0.408 e. The second-order valence-electron chi connectivity index (χ2n) is 14.9. The summed E-state index contributed by atoms with van der Waals surface area (Å²) in [6.07, 6.45) is -9.41. The molecule has 0 radical (unpaired) electrons. The van der Waals surface area contributed by atoms with Gasteiger partial charge in [0.2, 0.25) is 0 Å². The number of rotatable bonds is 18. The smallest absolute Gasteiger partial charge is 0.408 e. The van der Waals surface area contributed by atoms with Crippen LogP contribution in [-0.4, -0.2) is 85.9 Å². The second kappa shape index (κ2) is 23.7. The summed E-state index contributed by atoms with van der Waals surface area (Å²) in [6.45, 7) is -1.63. The van der Waals surface area contributed by atoms with Crippen molar-refractivity contribution in [3.8, 4) is 0 Å². The van der Waals surface area contributed by atoms with Gasteiger partial charge in [-0.3, -0.25) is 0 Å². The molecular weight excluding hydrogens is 863 g/mol. The van der Waals surface area contributed by atoms with Gasteiger partial charge in [0.1, 0.15) is 25.9 Å². The van der Waals surface area contributed by atoms with E-state index in [1.54, 1.807) is 133 Å². The van der Waals surface area contributed by atoms with E-state index in [-0.39, 0.29) is 35.5 Å². The molecule has 67 heavy (non-hydrogen) atoms. The summed E-state index contributed by atoms with van der Waals surface area (Å²) in [4.78, 5) is 82.3. The highest BCUT2D eigenvalue weighted by Crippen LogP contribution is 2.32. The fraction of sp³-hybridized carbons (Fsp3) is 0.192. The minimum atomic E-state index is -1.78. The summed E-state index contributed by atoms with van der Waals surface area (Å²) in [5.74, 6) is -4.44. The molecule has 15 nitrogen and oxygen atoms in total. The Kier molecular flexibility index (Phi) is 16.6. The zero-order valence-corrected chi connectivity index (χ0v) is 35.8. The average molecular weight is 908 g/mol. The summed E-state index contributed by atoms with van der Waals surface area (Å²) >= 11 is 0. The maximum absolute atomic E-state index is 14.0. The van der Waals surface area contributed by atoms with Crippen molar-refractivity contribution in [2.75, 3.05) is 13.2 Å². The molecule has 15 heteroatoms. The lowest BCUT2D eigenvalue weighted by atomic mass is 9.97. The molecule has 1 aliphatic heterocycles. The summed E-state index contributed by atoms with van der Waals surface area (Å²) in [5, 5.41) is 2.48. The molecule has 342 valence electrons. The zero-order chi connectivity index (χ0) is 46.8. The molecule has 6 aromatic carbocycles. The van der Waals surface area contributed by atoms with E-state index in [1.807, 2.05) is 0 Å². The van der Waals surface area contributed by atoms with E-state index in [1.165, 1.54) is 48.5 Å². The van der Waals surface area contributed by atoms with Crippen molar-refractivity contribution >= 4 is 35.9 Å². The lowest BCUT2D eigenvalue weighted by molar-refractivity contribution is -0.299. The maximum atomic E-state index is 14.0. The van der Waals surface area contributed by atoms with E-state index >= 15 is 0 Å². The van der Waals surface area contributed by atoms with Crippen LogP contribution < -0.4 is 5.32 Å². The number of nitrogens with one attached hydrogen (secondary N) is 1. The standard InChI is InChI=1S/C52H45NO14/c54-46(37-23-11-3-12-24-37)61-34-42-43(65-47(55)38-25-13-4-14-26-38)44(66-48(56)39-27-15-5-16-28-39)45(67-49(57)40-29-17-6-18-30-40)51(64-42)62-33-41(50(58)60-31-35-19-7-1-8-20-35)53-52(59)63-32-36-21-9-2-10-22-36/h1-30,41-45,51H,31-34H2,(H,53,59)/t41-,42+,43+,44-,45-,51-/m0/s1. The van der Waals surface area contributed by atoms with Crippen molar-refractivity contribution in [3.63, 3.8) is 0 Å². The van der Waals surface area contributed by atoms with Gasteiger partial charge < -0.3 is 43.2 Å². The molecule has 1 aliphatic rings. The molecule has 1 heterocycles. The molecule has 0 bridgehead atoms. The van der Waals surface area contributed by atoms with E-state index < -0.39 is 85.9 Å². The number of ether oxygens (including phenoxy) is 8. The number of benzene rings is 6. The van der Waals surface area contributed by atoms with Crippen molar-refractivity contribution < 1.29 is 66.7 Å². The molecule has 1 saturated heterocycles. The number of hydrogen-bond donors (Lipinski definition) is 1. The van der Waals surface area contributed by atoms with E-state index in [4.69, 9.17) is 37.9 Å². The van der Waals surface area contributed by atoms with Gasteiger partial charge in [-0.15, -0.1) is 0 Å². The van der Waals surface area contributed by atoms with Crippen LogP contribution in [0.4, 0.5) is 4.79 Å². The largest absolute Gasteiger partial charge is 0.459 e. The first-order valence-electron chi connectivity index (χ1n) is 21.2. The molecule has 6 atom stereocenters. The number of amides is 1. The third kappa shape index (κ3) is 13.4. The van der Waals surface area contributed by atoms with Crippen LogP contribution in [0, 0.1) is 0 Å². The van der Waals surface area contributed by atoms with E-state index in [0.29, 0.717) is 11.1 Å². The van der Waals surface area contributed by atoms with Gasteiger partial charge >= 0.3 is 35.9 Å². The Morgan fingerprint density at radius 3 is 1.30 bits per heavy atom.